The summed E-state index contributed by atoms with van der Waals surface area (Å²) in [4.78, 5) is 24.5. The summed E-state index contributed by atoms with van der Waals surface area (Å²) < 4.78 is 5.14. The van der Waals surface area contributed by atoms with E-state index in [0.29, 0.717) is 13.0 Å². The van der Waals surface area contributed by atoms with Gasteiger partial charge in [0.25, 0.3) is 0 Å². The Bertz CT molecular complexity index is 678. The minimum atomic E-state index is -0.118. The molecule has 0 unspecified atom stereocenters. The van der Waals surface area contributed by atoms with Crippen LogP contribution in [0.2, 0.25) is 0 Å². The van der Waals surface area contributed by atoms with E-state index in [4.69, 9.17) is 4.74 Å². The van der Waals surface area contributed by atoms with E-state index in [2.05, 4.69) is 10.6 Å². The van der Waals surface area contributed by atoms with Gasteiger partial charge in [0, 0.05) is 13.0 Å². The van der Waals surface area contributed by atoms with Crippen LogP contribution in [-0.2, 0) is 16.0 Å². The third-order valence-corrected chi connectivity index (χ3v) is 7.04. The van der Waals surface area contributed by atoms with Crippen molar-refractivity contribution in [1.82, 2.24) is 10.6 Å². The fourth-order valence-electron chi connectivity index (χ4n) is 6.29. The number of benzene rings is 1. The largest absolute Gasteiger partial charge is 0.497 e. The van der Waals surface area contributed by atoms with Gasteiger partial charge in [-0.15, -0.1) is 0 Å². The van der Waals surface area contributed by atoms with Crippen molar-refractivity contribution < 1.29 is 14.3 Å². The number of carbonyl (C=O) groups excluding carboxylic acids is 2. The summed E-state index contributed by atoms with van der Waals surface area (Å²) in [7, 11) is 1.65. The predicted molar refractivity (Wildman–Crippen MR) is 108 cm³/mol. The number of methoxy groups -OCH3 is 1. The molecule has 4 saturated carbocycles. The topological polar surface area (TPSA) is 67.4 Å². The van der Waals surface area contributed by atoms with Crippen molar-refractivity contribution in [2.75, 3.05) is 20.2 Å². The normalized spacial score (nSPS) is 30.1. The first kappa shape index (κ1) is 19.3. The number of hydrogen-bond donors (Lipinski definition) is 2. The van der Waals surface area contributed by atoms with E-state index in [1.807, 2.05) is 24.3 Å². The Labute approximate surface area is 167 Å². The third kappa shape index (κ3) is 4.50. The van der Waals surface area contributed by atoms with Crippen LogP contribution in [0.25, 0.3) is 0 Å². The van der Waals surface area contributed by atoms with Gasteiger partial charge in [0.2, 0.25) is 11.8 Å². The molecule has 0 atom stereocenters. The maximum Gasteiger partial charge on any atom is 0.239 e. The van der Waals surface area contributed by atoms with Crippen LogP contribution in [0.5, 0.6) is 5.75 Å². The molecule has 4 bridgehead atoms. The first-order valence-corrected chi connectivity index (χ1v) is 10.7. The summed E-state index contributed by atoms with van der Waals surface area (Å²) in [6.45, 7) is 0.643. The molecule has 5 nitrogen and oxygen atoms in total. The minimum absolute atomic E-state index is 0.0484. The van der Waals surface area contributed by atoms with E-state index in [1.165, 1.54) is 38.5 Å². The number of amides is 2. The molecule has 28 heavy (non-hydrogen) atoms. The Balaban J connectivity index is 1.16. The summed E-state index contributed by atoms with van der Waals surface area (Å²) in [5.41, 5.74) is 1.37. The molecule has 2 amide bonds. The minimum Gasteiger partial charge on any atom is -0.497 e. The predicted octanol–water partition coefficient (Wildman–Crippen LogP) is 3.08. The first-order valence-electron chi connectivity index (χ1n) is 10.7. The van der Waals surface area contributed by atoms with Gasteiger partial charge in [-0.25, -0.2) is 0 Å². The number of nitrogens with one attached hydrogen (secondary N) is 2. The zero-order valence-electron chi connectivity index (χ0n) is 16.8. The van der Waals surface area contributed by atoms with Gasteiger partial charge in [-0.1, -0.05) is 12.1 Å². The maximum atomic E-state index is 12.5. The zero-order chi connectivity index (χ0) is 19.6. The summed E-state index contributed by atoms with van der Waals surface area (Å²) >= 11 is 0. The molecule has 0 aliphatic heterocycles. The van der Waals surface area contributed by atoms with Crippen molar-refractivity contribution in [2.45, 2.75) is 51.4 Å². The van der Waals surface area contributed by atoms with E-state index in [1.54, 1.807) is 7.11 Å². The molecule has 0 heterocycles. The van der Waals surface area contributed by atoms with Crippen molar-refractivity contribution >= 4 is 11.8 Å². The van der Waals surface area contributed by atoms with E-state index < -0.39 is 0 Å². The lowest BCUT2D eigenvalue weighted by atomic mass is 9.49. The Hall–Kier alpha value is -2.04. The van der Waals surface area contributed by atoms with Crippen LogP contribution in [0.4, 0.5) is 0 Å². The van der Waals surface area contributed by atoms with Crippen LogP contribution in [0, 0.1) is 23.2 Å². The molecule has 0 saturated heterocycles. The van der Waals surface area contributed by atoms with Crippen LogP contribution in [0.3, 0.4) is 0 Å². The fraction of sp³-hybridized carbons (Fsp3) is 0.652. The Morgan fingerprint density at radius 2 is 1.57 bits per heavy atom. The second kappa shape index (κ2) is 8.14. The molecule has 2 N–H and O–H groups in total. The van der Waals surface area contributed by atoms with Gasteiger partial charge in [-0.3, -0.25) is 9.59 Å². The fourth-order valence-corrected chi connectivity index (χ4v) is 6.29. The molecule has 0 aromatic heterocycles. The highest BCUT2D eigenvalue weighted by Crippen LogP contribution is 2.61. The molecule has 5 heteroatoms. The van der Waals surface area contributed by atoms with E-state index in [-0.39, 0.29) is 23.8 Å². The molecular formula is C23H32N2O3. The summed E-state index contributed by atoms with van der Waals surface area (Å²) in [6.07, 6.45) is 9.19. The van der Waals surface area contributed by atoms with Gasteiger partial charge in [0.15, 0.2) is 0 Å². The first-order chi connectivity index (χ1) is 13.5. The van der Waals surface area contributed by atoms with Crippen LogP contribution in [-0.4, -0.2) is 32.0 Å². The van der Waals surface area contributed by atoms with Crippen LogP contribution >= 0.6 is 0 Å². The van der Waals surface area contributed by atoms with Gasteiger partial charge in [0.05, 0.1) is 13.7 Å². The van der Waals surface area contributed by atoms with Crippen molar-refractivity contribution in [1.29, 1.82) is 0 Å². The molecule has 5 rings (SSSR count). The average Bonchev–Trinajstić information content (AvgIpc) is 2.65. The maximum absolute atomic E-state index is 12.5. The van der Waals surface area contributed by atoms with Gasteiger partial charge < -0.3 is 15.4 Å². The molecule has 1 aromatic carbocycles. The van der Waals surface area contributed by atoms with Crippen molar-refractivity contribution in [3.63, 3.8) is 0 Å². The molecular weight excluding hydrogens is 352 g/mol. The SMILES string of the molecule is COc1ccc(CCNC(=O)CNC(=O)CC23CC4CC(CC(C4)C2)C3)cc1. The number of rotatable bonds is 8. The monoisotopic (exact) mass is 384 g/mol. The summed E-state index contributed by atoms with van der Waals surface area (Å²) in [6, 6.07) is 7.83. The molecule has 4 aliphatic carbocycles. The van der Waals surface area contributed by atoms with Gasteiger partial charge in [-0.2, -0.15) is 0 Å². The van der Waals surface area contributed by atoms with E-state index in [9.17, 15) is 9.59 Å². The molecule has 4 fully saturated rings. The number of hydrogen-bond acceptors (Lipinski definition) is 3. The molecule has 4 aliphatic rings. The second-order valence-corrected chi connectivity index (χ2v) is 9.32. The lowest BCUT2D eigenvalue weighted by Gasteiger charge is -2.56. The Kier molecular flexibility index (Phi) is 5.61. The number of ether oxygens (including phenoxy) is 1. The van der Waals surface area contributed by atoms with Crippen LogP contribution < -0.4 is 15.4 Å². The zero-order valence-corrected chi connectivity index (χ0v) is 16.8. The summed E-state index contributed by atoms with van der Waals surface area (Å²) in [5, 5.41) is 5.74. The van der Waals surface area contributed by atoms with Crippen molar-refractivity contribution in [2.24, 2.45) is 23.2 Å². The Morgan fingerprint density at radius 3 is 2.14 bits per heavy atom. The van der Waals surface area contributed by atoms with Crippen LogP contribution in [0.15, 0.2) is 24.3 Å². The quantitative estimate of drug-likeness (QED) is 0.724. The highest BCUT2D eigenvalue weighted by Gasteiger charge is 2.51. The molecule has 1 aromatic rings. The van der Waals surface area contributed by atoms with Gasteiger partial charge >= 0.3 is 0 Å². The van der Waals surface area contributed by atoms with E-state index in [0.717, 1.165) is 35.5 Å². The second-order valence-electron chi connectivity index (χ2n) is 9.32. The van der Waals surface area contributed by atoms with Gasteiger partial charge in [0.1, 0.15) is 5.75 Å². The summed E-state index contributed by atoms with van der Waals surface area (Å²) in [5.74, 6) is 3.30. The molecule has 0 radical (unpaired) electrons. The lowest BCUT2D eigenvalue weighted by Crippen LogP contribution is -2.48. The molecule has 152 valence electrons. The third-order valence-electron chi connectivity index (χ3n) is 7.04. The number of carbonyl (C=O) groups is 2. The lowest BCUT2D eigenvalue weighted by molar-refractivity contribution is -0.131. The highest BCUT2D eigenvalue weighted by atomic mass is 16.5. The van der Waals surface area contributed by atoms with Crippen molar-refractivity contribution in [3.05, 3.63) is 29.8 Å². The van der Waals surface area contributed by atoms with Gasteiger partial charge in [-0.05, 0) is 85.8 Å². The molecule has 0 spiro atoms. The smallest absolute Gasteiger partial charge is 0.239 e. The Morgan fingerprint density at radius 1 is 0.964 bits per heavy atom. The van der Waals surface area contributed by atoms with E-state index >= 15 is 0 Å². The average molecular weight is 385 g/mol. The highest BCUT2D eigenvalue weighted by molar-refractivity contribution is 5.84. The van der Waals surface area contributed by atoms with Crippen LogP contribution in [0.1, 0.15) is 50.5 Å². The standard InChI is InChI=1S/C23H32N2O3/c1-28-20-4-2-16(3-5-20)6-7-24-22(27)15-25-21(26)14-23-11-17-8-18(12-23)10-19(9-17)13-23/h2-5,17-19H,6-15H2,1H3,(H,24,27)(H,25,26). The van der Waals surface area contributed by atoms with Crippen molar-refractivity contribution in [3.8, 4) is 5.75 Å².